The molecule has 3 N–H and O–H groups in total. The molecule has 1 aromatic heterocycles. The van der Waals surface area contributed by atoms with Crippen LogP contribution in [0.3, 0.4) is 0 Å². The first kappa shape index (κ1) is 17.0. The minimum atomic E-state index is -0.455. The number of anilines is 1. The van der Waals surface area contributed by atoms with Gasteiger partial charge in [-0.2, -0.15) is 0 Å². The number of thiophene rings is 1. The number of carbonyl (C=O) groups excluding carboxylic acids is 1. The zero-order valence-electron chi connectivity index (χ0n) is 14.7. The van der Waals surface area contributed by atoms with Crippen molar-refractivity contribution in [1.29, 1.82) is 0 Å². The van der Waals surface area contributed by atoms with Crippen molar-refractivity contribution in [2.45, 2.75) is 39.0 Å². The third-order valence-electron chi connectivity index (χ3n) is 5.18. The number of carbonyl (C=O) groups is 1. The quantitative estimate of drug-likeness (QED) is 0.566. The number of nitrogens with zero attached hydrogens (tertiary/aromatic N) is 1. The molecule has 8 heteroatoms. The predicted octanol–water partition coefficient (Wildman–Crippen LogP) is 1.86. The molecule has 7 nitrogen and oxygen atoms in total. The summed E-state index contributed by atoms with van der Waals surface area (Å²) in [5.41, 5.74) is 2.62. The van der Waals surface area contributed by atoms with E-state index in [1.807, 2.05) is 0 Å². The van der Waals surface area contributed by atoms with Gasteiger partial charge in [-0.05, 0) is 19.4 Å². The third-order valence-corrected chi connectivity index (χ3v) is 6.35. The van der Waals surface area contributed by atoms with Gasteiger partial charge in [0, 0.05) is 24.1 Å². The molecular weight excluding hydrogens is 352 g/mol. The number of nitro groups is 1. The highest BCUT2D eigenvalue weighted by atomic mass is 32.1. The Hall–Kier alpha value is -2.45. The maximum Gasteiger partial charge on any atom is 0.269 e. The van der Waals surface area contributed by atoms with Crippen molar-refractivity contribution < 1.29 is 14.6 Å². The third kappa shape index (κ3) is 2.85. The molecule has 2 aromatic rings. The lowest BCUT2D eigenvalue weighted by atomic mass is 9.99. The molecular formula is C18H21N4O3S+. The highest BCUT2D eigenvalue weighted by Crippen LogP contribution is 2.39. The molecule has 1 amide bonds. The number of fused-ring (bicyclic) bond motifs is 3. The Balaban J connectivity index is 1.65. The molecule has 4 rings (SSSR count). The molecule has 3 heterocycles. The number of hydrogen-bond donors (Lipinski definition) is 3. The smallest absolute Gasteiger partial charge is 0.269 e. The number of quaternary nitrogens is 1. The number of hydrogen-bond acceptors (Lipinski definition) is 5. The van der Waals surface area contributed by atoms with Gasteiger partial charge >= 0.3 is 0 Å². The van der Waals surface area contributed by atoms with Gasteiger partial charge in [0.2, 0.25) is 0 Å². The highest BCUT2D eigenvalue weighted by Gasteiger charge is 2.35. The molecule has 0 aliphatic carbocycles. The standard InChI is InChI=1S/C18H20N4O3S/c1-10(2)21-7-6-13-14(9-21)26-18-15(13)17(23)19-16(20-18)11-4-3-5-12(8-11)22(24)25/h3-5,8,10,16,20H,6-7,9H2,1-2H3,(H,19,23)/p+1/t16-/m1/s1. The second-order valence-electron chi connectivity index (χ2n) is 7.10. The first-order valence-electron chi connectivity index (χ1n) is 8.75. The van der Waals surface area contributed by atoms with E-state index in [0.717, 1.165) is 35.6 Å². The predicted molar refractivity (Wildman–Crippen MR) is 99.6 cm³/mol. The van der Waals surface area contributed by atoms with Crippen molar-refractivity contribution >= 4 is 27.9 Å². The Morgan fingerprint density at radius 1 is 1.35 bits per heavy atom. The lowest BCUT2D eigenvalue weighted by molar-refractivity contribution is -0.936. The van der Waals surface area contributed by atoms with Gasteiger partial charge in [-0.3, -0.25) is 14.9 Å². The first-order valence-corrected chi connectivity index (χ1v) is 9.56. The summed E-state index contributed by atoms with van der Waals surface area (Å²) in [6.45, 7) is 6.42. The Morgan fingerprint density at radius 3 is 2.88 bits per heavy atom. The summed E-state index contributed by atoms with van der Waals surface area (Å²) in [7, 11) is 0. The van der Waals surface area contributed by atoms with Crippen LogP contribution in [-0.4, -0.2) is 23.4 Å². The lowest BCUT2D eigenvalue weighted by Gasteiger charge is -2.28. The van der Waals surface area contributed by atoms with Crippen LogP contribution in [0.1, 0.15) is 46.4 Å². The highest BCUT2D eigenvalue weighted by molar-refractivity contribution is 7.16. The maximum atomic E-state index is 12.8. The van der Waals surface area contributed by atoms with Crippen LogP contribution in [-0.2, 0) is 13.0 Å². The fraction of sp³-hybridized carbons (Fsp3) is 0.389. The largest absolute Gasteiger partial charge is 0.353 e. The minimum Gasteiger partial charge on any atom is -0.353 e. The normalized spacial score (nSPS) is 21.6. The zero-order chi connectivity index (χ0) is 18.4. The number of non-ortho nitro benzene ring substituents is 1. The molecule has 136 valence electrons. The molecule has 0 radical (unpaired) electrons. The fourth-order valence-corrected chi connectivity index (χ4v) is 5.02. The van der Waals surface area contributed by atoms with Crippen LogP contribution >= 0.6 is 11.3 Å². The van der Waals surface area contributed by atoms with Gasteiger partial charge in [-0.25, -0.2) is 0 Å². The van der Waals surface area contributed by atoms with Gasteiger partial charge in [0.15, 0.2) is 0 Å². The van der Waals surface area contributed by atoms with Crippen molar-refractivity contribution in [3.63, 3.8) is 0 Å². The molecule has 0 saturated heterocycles. The van der Waals surface area contributed by atoms with Crippen LogP contribution in [0.25, 0.3) is 0 Å². The molecule has 26 heavy (non-hydrogen) atoms. The van der Waals surface area contributed by atoms with Gasteiger partial charge in [0.1, 0.15) is 17.7 Å². The van der Waals surface area contributed by atoms with Crippen molar-refractivity contribution in [3.8, 4) is 0 Å². The summed E-state index contributed by atoms with van der Waals surface area (Å²) in [6.07, 6.45) is 0.453. The molecule has 0 bridgehead atoms. The maximum absolute atomic E-state index is 12.8. The summed E-state index contributed by atoms with van der Waals surface area (Å²) < 4.78 is 0. The molecule has 0 saturated carbocycles. The van der Waals surface area contributed by atoms with E-state index in [1.54, 1.807) is 23.5 Å². The SMILES string of the molecule is CC(C)[NH+]1CCc2c(sc3c2C(=O)N[C@@H](c2cccc([N+](=O)[O-])c2)N3)C1. The van der Waals surface area contributed by atoms with Crippen LogP contribution in [0.2, 0.25) is 0 Å². The van der Waals surface area contributed by atoms with Crippen LogP contribution in [0, 0.1) is 10.1 Å². The summed E-state index contributed by atoms with van der Waals surface area (Å²) in [6, 6.07) is 6.93. The van der Waals surface area contributed by atoms with Crippen LogP contribution in [0.15, 0.2) is 24.3 Å². The van der Waals surface area contributed by atoms with Crippen LogP contribution < -0.4 is 15.5 Å². The number of amides is 1. The van der Waals surface area contributed by atoms with Crippen LogP contribution in [0.5, 0.6) is 0 Å². The average Bonchev–Trinajstić information content (AvgIpc) is 2.99. The van der Waals surface area contributed by atoms with E-state index in [4.69, 9.17) is 0 Å². The topological polar surface area (TPSA) is 88.7 Å². The Morgan fingerprint density at radius 2 is 2.15 bits per heavy atom. The Bertz CT molecular complexity index is 893. The summed E-state index contributed by atoms with van der Waals surface area (Å²) in [4.78, 5) is 26.1. The summed E-state index contributed by atoms with van der Waals surface area (Å²) in [5, 5.41) is 18.2. The van der Waals surface area contributed by atoms with E-state index in [9.17, 15) is 14.9 Å². The molecule has 0 spiro atoms. The van der Waals surface area contributed by atoms with Gasteiger partial charge in [-0.15, -0.1) is 11.3 Å². The average molecular weight is 373 g/mol. The number of benzene rings is 1. The van der Waals surface area contributed by atoms with E-state index < -0.39 is 11.1 Å². The van der Waals surface area contributed by atoms with E-state index in [-0.39, 0.29) is 11.6 Å². The van der Waals surface area contributed by atoms with Crippen molar-refractivity contribution in [3.05, 3.63) is 55.9 Å². The summed E-state index contributed by atoms with van der Waals surface area (Å²) >= 11 is 1.64. The molecule has 2 aliphatic rings. The molecule has 0 fully saturated rings. The van der Waals surface area contributed by atoms with E-state index >= 15 is 0 Å². The van der Waals surface area contributed by atoms with Gasteiger partial charge in [0.05, 0.1) is 28.0 Å². The first-order chi connectivity index (χ1) is 12.4. The van der Waals surface area contributed by atoms with E-state index in [2.05, 4.69) is 24.5 Å². The molecule has 1 unspecified atom stereocenters. The number of nitro benzene ring substituents is 1. The van der Waals surface area contributed by atoms with Crippen molar-refractivity contribution in [2.75, 3.05) is 11.9 Å². The second-order valence-corrected chi connectivity index (χ2v) is 8.21. The lowest BCUT2D eigenvalue weighted by Crippen LogP contribution is -3.14. The van der Waals surface area contributed by atoms with Crippen molar-refractivity contribution in [2.24, 2.45) is 0 Å². The zero-order valence-corrected chi connectivity index (χ0v) is 15.5. The van der Waals surface area contributed by atoms with Gasteiger partial charge in [0.25, 0.3) is 11.6 Å². The minimum absolute atomic E-state index is 0.0194. The fourth-order valence-electron chi connectivity index (χ4n) is 3.69. The van der Waals surface area contributed by atoms with E-state index in [0.29, 0.717) is 11.6 Å². The van der Waals surface area contributed by atoms with E-state index in [1.165, 1.54) is 21.9 Å². The molecule has 2 atom stereocenters. The molecule has 1 aromatic carbocycles. The molecule has 2 aliphatic heterocycles. The summed E-state index contributed by atoms with van der Waals surface area (Å²) in [5.74, 6) is -0.0965. The Kier molecular flexibility index (Phi) is 4.16. The van der Waals surface area contributed by atoms with Crippen molar-refractivity contribution in [1.82, 2.24) is 5.32 Å². The number of nitrogens with one attached hydrogen (secondary N) is 3. The van der Waals surface area contributed by atoms with Gasteiger partial charge < -0.3 is 15.5 Å². The monoisotopic (exact) mass is 373 g/mol. The Labute approximate surface area is 155 Å². The second kappa shape index (κ2) is 6.37. The van der Waals surface area contributed by atoms with Gasteiger partial charge in [-0.1, -0.05) is 12.1 Å². The van der Waals surface area contributed by atoms with Crippen LogP contribution in [0.4, 0.5) is 10.7 Å². The number of rotatable bonds is 3.